The fourth-order valence-corrected chi connectivity index (χ4v) is 3.84. The number of hydrogen-bond donors (Lipinski definition) is 1. The van der Waals surface area contributed by atoms with Gasteiger partial charge in [0.25, 0.3) is 0 Å². The number of allylic oxidation sites excluding steroid dienone is 1. The van der Waals surface area contributed by atoms with E-state index in [1.807, 2.05) is 18.2 Å². The van der Waals surface area contributed by atoms with Gasteiger partial charge in [0.15, 0.2) is 0 Å². The standard InChI is InChI=1S/C26H18O2.C5H8O2/c1-16(2)26(27)28-25-9-5-8-19-12-22-13-20-10-17-6-3-4-7-18(17)11-21(20)14-23(22)15-24(19)25;1-3-4(2)5(6)7/h3-15H,1H2,2H3;3H,1-2H3,(H,6,7). The van der Waals surface area contributed by atoms with Gasteiger partial charge < -0.3 is 9.84 Å². The summed E-state index contributed by atoms with van der Waals surface area (Å²) in [5, 5.41) is 17.2. The summed E-state index contributed by atoms with van der Waals surface area (Å²) in [6.07, 6.45) is 1.56. The molecule has 4 nitrogen and oxygen atoms in total. The van der Waals surface area contributed by atoms with Crippen LogP contribution in [0.4, 0.5) is 0 Å². The third-order valence-electron chi connectivity index (χ3n) is 5.94. The molecule has 0 saturated heterocycles. The van der Waals surface area contributed by atoms with Crippen LogP contribution in [0, 0.1) is 0 Å². The molecular weight excluding hydrogens is 436 g/mol. The fraction of sp³-hybridized carbons (Fsp3) is 0.0968. The lowest BCUT2D eigenvalue weighted by Crippen LogP contribution is -2.08. The Morgan fingerprint density at radius 1 is 0.743 bits per heavy atom. The average molecular weight is 463 g/mol. The summed E-state index contributed by atoms with van der Waals surface area (Å²) >= 11 is 0. The van der Waals surface area contributed by atoms with Gasteiger partial charge in [0.1, 0.15) is 5.75 Å². The molecule has 0 radical (unpaired) electrons. The maximum Gasteiger partial charge on any atom is 0.338 e. The van der Waals surface area contributed by atoms with Gasteiger partial charge in [-0.05, 0) is 101 Å². The van der Waals surface area contributed by atoms with E-state index in [0.717, 1.165) is 16.2 Å². The van der Waals surface area contributed by atoms with Gasteiger partial charge in [-0.15, -0.1) is 0 Å². The Morgan fingerprint density at radius 2 is 1.23 bits per heavy atom. The lowest BCUT2D eigenvalue weighted by atomic mass is 9.97. The SMILES string of the molecule is C=C(C)C(=O)Oc1cccc2cc3cc4cc5ccccc5cc4cc3cc12.CC=C(C)C(=O)O. The second kappa shape index (κ2) is 9.82. The van der Waals surface area contributed by atoms with Gasteiger partial charge in [0.2, 0.25) is 0 Å². The number of carbonyl (C=O) groups is 2. The zero-order chi connectivity index (χ0) is 25.1. The van der Waals surface area contributed by atoms with Crippen molar-refractivity contribution in [3.8, 4) is 5.75 Å². The lowest BCUT2D eigenvalue weighted by molar-refractivity contribution is -0.132. The van der Waals surface area contributed by atoms with Crippen LogP contribution in [0.1, 0.15) is 20.8 Å². The van der Waals surface area contributed by atoms with E-state index in [9.17, 15) is 9.59 Å². The zero-order valence-corrected chi connectivity index (χ0v) is 20.0. The molecular formula is C31H26O4. The Kier molecular flexibility index (Phi) is 6.65. The molecule has 0 fully saturated rings. The first-order valence-electron chi connectivity index (χ1n) is 11.3. The van der Waals surface area contributed by atoms with Gasteiger partial charge in [-0.3, -0.25) is 0 Å². The predicted molar refractivity (Wildman–Crippen MR) is 144 cm³/mol. The van der Waals surface area contributed by atoms with E-state index in [4.69, 9.17) is 9.84 Å². The minimum absolute atomic E-state index is 0.385. The maximum atomic E-state index is 12.0. The second-order valence-corrected chi connectivity index (χ2v) is 8.52. The molecule has 0 aromatic heterocycles. The Balaban J connectivity index is 0.000000364. The zero-order valence-electron chi connectivity index (χ0n) is 20.0. The van der Waals surface area contributed by atoms with Crippen molar-refractivity contribution < 1.29 is 19.4 Å². The van der Waals surface area contributed by atoms with Crippen LogP contribution in [-0.4, -0.2) is 17.0 Å². The van der Waals surface area contributed by atoms with Crippen molar-refractivity contribution in [1.29, 1.82) is 0 Å². The van der Waals surface area contributed by atoms with Gasteiger partial charge in [0.05, 0.1) is 0 Å². The van der Waals surface area contributed by atoms with Crippen LogP contribution in [0.2, 0.25) is 0 Å². The third kappa shape index (κ3) is 5.07. The molecule has 0 saturated carbocycles. The van der Waals surface area contributed by atoms with Crippen LogP contribution in [0.15, 0.2) is 103 Å². The largest absolute Gasteiger partial charge is 0.478 e. The number of ether oxygens (including phenoxy) is 1. The Labute approximate surface area is 203 Å². The molecule has 0 amide bonds. The normalized spacial score (nSPS) is 11.3. The first-order chi connectivity index (χ1) is 16.8. The van der Waals surface area contributed by atoms with E-state index in [1.54, 1.807) is 26.8 Å². The van der Waals surface area contributed by atoms with E-state index in [1.165, 1.54) is 26.9 Å². The molecule has 174 valence electrons. The summed E-state index contributed by atoms with van der Waals surface area (Å²) in [5.74, 6) is -0.689. The van der Waals surface area contributed by atoms with Crippen LogP contribution in [0.5, 0.6) is 5.75 Å². The average Bonchev–Trinajstić information content (AvgIpc) is 2.85. The molecule has 0 bridgehead atoms. The molecule has 1 N–H and O–H groups in total. The van der Waals surface area contributed by atoms with Crippen LogP contribution >= 0.6 is 0 Å². The van der Waals surface area contributed by atoms with Crippen molar-refractivity contribution in [2.75, 3.05) is 0 Å². The number of aliphatic carboxylic acids is 1. The Hall–Kier alpha value is -4.44. The summed E-state index contributed by atoms with van der Waals surface area (Å²) in [4.78, 5) is 21.9. The van der Waals surface area contributed by atoms with Crippen LogP contribution < -0.4 is 4.74 Å². The summed E-state index contributed by atoms with van der Waals surface area (Å²) in [6, 6.07) is 27.3. The van der Waals surface area contributed by atoms with E-state index < -0.39 is 11.9 Å². The van der Waals surface area contributed by atoms with E-state index in [-0.39, 0.29) is 0 Å². The molecule has 0 aliphatic carbocycles. The highest BCUT2D eigenvalue weighted by molar-refractivity contribution is 6.09. The first kappa shape index (κ1) is 23.7. The lowest BCUT2D eigenvalue weighted by Gasteiger charge is -2.10. The molecule has 5 rings (SSSR count). The van der Waals surface area contributed by atoms with Crippen molar-refractivity contribution in [2.24, 2.45) is 0 Å². The summed E-state index contributed by atoms with van der Waals surface area (Å²) in [5.41, 5.74) is 0.774. The summed E-state index contributed by atoms with van der Waals surface area (Å²) < 4.78 is 5.54. The summed E-state index contributed by atoms with van der Waals surface area (Å²) in [7, 11) is 0. The van der Waals surface area contributed by atoms with Crippen molar-refractivity contribution in [3.63, 3.8) is 0 Å². The smallest absolute Gasteiger partial charge is 0.338 e. The number of hydrogen-bond acceptors (Lipinski definition) is 3. The highest BCUT2D eigenvalue weighted by Gasteiger charge is 2.10. The van der Waals surface area contributed by atoms with Crippen molar-refractivity contribution in [1.82, 2.24) is 0 Å². The third-order valence-corrected chi connectivity index (χ3v) is 5.94. The molecule has 0 heterocycles. The highest BCUT2D eigenvalue weighted by Crippen LogP contribution is 2.33. The molecule has 0 spiro atoms. The van der Waals surface area contributed by atoms with Crippen molar-refractivity contribution >= 4 is 55.0 Å². The molecule has 5 aromatic carbocycles. The quantitative estimate of drug-likeness (QED) is 0.128. The van der Waals surface area contributed by atoms with Gasteiger partial charge in [-0.25, -0.2) is 9.59 Å². The topological polar surface area (TPSA) is 63.6 Å². The van der Waals surface area contributed by atoms with Gasteiger partial charge >= 0.3 is 11.9 Å². The number of carbonyl (C=O) groups excluding carboxylic acids is 1. The van der Waals surface area contributed by atoms with Crippen LogP contribution in [0.3, 0.4) is 0 Å². The number of esters is 1. The number of carboxylic acids is 1. The molecule has 0 atom stereocenters. The number of fused-ring (bicyclic) bond motifs is 4. The fourth-order valence-electron chi connectivity index (χ4n) is 3.84. The van der Waals surface area contributed by atoms with E-state index in [0.29, 0.717) is 16.9 Å². The molecule has 5 aromatic rings. The number of carboxylic acid groups (broad SMARTS) is 1. The second-order valence-electron chi connectivity index (χ2n) is 8.52. The monoisotopic (exact) mass is 462 g/mol. The summed E-state index contributed by atoms with van der Waals surface area (Å²) in [6.45, 7) is 8.57. The highest BCUT2D eigenvalue weighted by atomic mass is 16.5. The minimum atomic E-state index is -0.845. The Bertz CT molecular complexity index is 1660. The van der Waals surface area contributed by atoms with Gasteiger partial charge in [0, 0.05) is 16.5 Å². The first-order valence-corrected chi connectivity index (χ1v) is 11.3. The van der Waals surface area contributed by atoms with Crippen molar-refractivity contribution in [2.45, 2.75) is 20.8 Å². The van der Waals surface area contributed by atoms with E-state index in [2.05, 4.69) is 67.2 Å². The Morgan fingerprint density at radius 3 is 1.71 bits per heavy atom. The molecule has 0 aliphatic heterocycles. The maximum absolute atomic E-state index is 12.0. The predicted octanol–water partition coefficient (Wildman–Crippen LogP) is 7.82. The van der Waals surface area contributed by atoms with E-state index >= 15 is 0 Å². The molecule has 35 heavy (non-hydrogen) atoms. The van der Waals surface area contributed by atoms with Crippen molar-refractivity contribution in [3.05, 3.63) is 103 Å². The van der Waals surface area contributed by atoms with Gasteiger partial charge in [-0.1, -0.05) is 49.1 Å². The van der Waals surface area contributed by atoms with Crippen LogP contribution in [0.25, 0.3) is 43.1 Å². The number of benzene rings is 5. The van der Waals surface area contributed by atoms with Gasteiger partial charge in [-0.2, -0.15) is 0 Å². The molecule has 0 aliphatic rings. The molecule has 0 unspecified atom stereocenters. The minimum Gasteiger partial charge on any atom is -0.478 e. The number of rotatable bonds is 3. The van der Waals surface area contributed by atoms with Crippen LogP contribution in [-0.2, 0) is 9.59 Å². The molecule has 4 heteroatoms.